The van der Waals surface area contributed by atoms with Gasteiger partial charge in [-0.15, -0.1) is 0 Å². The molecule has 0 aliphatic heterocycles. The smallest absolute Gasteiger partial charge is 0.274 e. The van der Waals surface area contributed by atoms with Gasteiger partial charge in [0.25, 0.3) is 11.2 Å². The van der Waals surface area contributed by atoms with Crippen LogP contribution in [-0.2, 0) is 6.42 Å². The minimum absolute atomic E-state index is 0.0830. The van der Waals surface area contributed by atoms with Gasteiger partial charge in [0.1, 0.15) is 0 Å². The summed E-state index contributed by atoms with van der Waals surface area (Å²) >= 11 is 0. The molecule has 0 amide bonds. The molecule has 0 radical (unpaired) electrons. The van der Waals surface area contributed by atoms with Gasteiger partial charge in [-0.2, -0.15) is 0 Å². The minimum atomic E-state index is -0.515. The maximum Gasteiger partial charge on any atom is 0.274 e. The predicted molar refractivity (Wildman–Crippen MR) is 68.6 cm³/mol. The van der Waals surface area contributed by atoms with Crippen LogP contribution in [0.1, 0.15) is 11.3 Å². The molecule has 0 saturated carbocycles. The predicted octanol–water partition coefficient (Wildman–Crippen LogP) is 0.917. The van der Waals surface area contributed by atoms with E-state index in [0.29, 0.717) is 16.9 Å². The Hall–Kier alpha value is -2.41. The van der Waals surface area contributed by atoms with E-state index in [4.69, 9.17) is 5.11 Å². The van der Waals surface area contributed by atoms with Crippen LogP contribution in [0.3, 0.4) is 0 Å². The molecular weight excluding hydrogens is 250 g/mol. The van der Waals surface area contributed by atoms with E-state index in [1.807, 2.05) is 0 Å². The molecule has 0 bridgehead atoms. The average Bonchev–Trinajstić information content (AvgIpc) is 2.67. The monoisotopic (exact) mass is 263 g/mol. The van der Waals surface area contributed by atoms with Gasteiger partial charge in [0, 0.05) is 36.4 Å². The first-order valence-corrected chi connectivity index (χ1v) is 5.70. The van der Waals surface area contributed by atoms with E-state index in [2.05, 4.69) is 5.10 Å². The zero-order valence-electron chi connectivity index (χ0n) is 10.3. The molecular formula is C12H13N3O4. The molecule has 19 heavy (non-hydrogen) atoms. The fourth-order valence-electron chi connectivity index (χ4n) is 1.92. The third-order valence-corrected chi connectivity index (χ3v) is 2.85. The Kier molecular flexibility index (Phi) is 3.48. The number of aliphatic hydroxyl groups is 1. The lowest BCUT2D eigenvalue weighted by Gasteiger charge is -2.00. The molecule has 2 N–H and O–H groups in total. The second-order valence-electron chi connectivity index (χ2n) is 4.11. The number of non-ortho nitro benzene ring substituents is 1. The topological polar surface area (TPSA) is 101 Å². The van der Waals surface area contributed by atoms with Crippen LogP contribution in [0.5, 0.6) is 0 Å². The van der Waals surface area contributed by atoms with Crippen molar-refractivity contribution in [2.24, 2.45) is 0 Å². The fourth-order valence-corrected chi connectivity index (χ4v) is 1.92. The second-order valence-corrected chi connectivity index (χ2v) is 4.11. The Labute approximate surface area is 108 Å². The molecule has 1 aromatic carbocycles. The van der Waals surface area contributed by atoms with Gasteiger partial charge in [-0.05, 0) is 13.0 Å². The lowest BCUT2D eigenvalue weighted by molar-refractivity contribution is -0.384. The average molecular weight is 263 g/mol. The van der Waals surface area contributed by atoms with E-state index in [1.54, 1.807) is 13.0 Å². The molecule has 0 unspecified atom stereocenters. The third kappa shape index (κ3) is 2.41. The number of hydrogen-bond acceptors (Lipinski definition) is 4. The van der Waals surface area contributed by atoms with Crippen LogP contribution in [0.15, 0.2) is 29.1 Å². The summed E-state index contributed by atoms with van der Waals surface area (Å²) in [7, 11) is 0. The summed E-state index contributed by atoms with van der Waals surface area (Å²) in [6, 6.07) is 5.80. The van der Waals surface area contributed by atoms with Gasteiger partial charge in [-0.25, -0.2) is 4.68 Å². The summed E-state index contributed by atoms with van der Waals surface area (Å²) in [5, 5.41) is 22.5. The van der Waals surface area contributed by atoms with Crippen LogP contribution in [0.4, 0.5) is 5.69 Å². The quantitative estimate of drug-likeness (QED) is 0.632. The van der Waals surface area contributed by atoms with Crippen LogP contribution in [-0.4, -0.2) is 26.4 Å². The molecule has 0 fully saturated rings. The number of hydrogen-bond donors (Lipinski definition) is 2. The molecule has 0 spiro atoms. The molecule has 7 heteroatoms. The minimum Gasteiger partial charge on any atom is -0.396 e. The van der Waals surface area contributed by atoms with Gasteiger partial charge < -0.3 is 5.11 Å². The highest BCUT2D eigenvalue weighted by Crippen LogP contribution is 2.15. The van der Waals surface area contributed by atoms with Gasteiger partial charge in [0.2, 0.25) is 0 Å². The van der Waals surface area contributed by atoms with E-state index in [0.717, 1.165) is 0 Å². The Morgan fingerprint density at radius 2 is 2.21 bits per heavy atom. The number of aromatic nitrogens is 2. The first-order valence-electron chi connectivity index (χ1n) is 5.70. The first-order chi connectivity index (χ1) is 9.04. The summed E-state index contributed by atoms with van der Waals surface area (Å²) in [6.07, 6.45) is 0.253. The third-order valence-electron chi connectivity index (χ3n) is 2.85. The zero-order valence-corrected chi connectivity index (χ0v) is 10.3. The Bertz CT molecular complexity index is 672. The van der Waals surface area contributed by atoms with Gasteiger partial charge in [-0.1, -0.05) is 6.07 Å². The molecule has 1 heterocycles. The van der Waals surface area contributed by atoms with Crippen LogP contribution in [0.2, 0.25) is 0 Å². The van der Waals surface area contributed by atoms with Crippen molar-refractivity contribution < 1.29 is 10.0 Å². The van der Waals surface area contributed by atoms with Crippen molar-refractivity contribution in [3.05, 3.63) is 56.0 Å². The highest BCUT2D eigenvalue weighted by molar-refractivity contribution is 5.43. The Morgan fingerprint density at radius 1 is 1.47 bits per heavy atom. The number of nitrogens with one attached hydrogen (secondary N) is 1. The van der Waals surface area contributed by atoms with Crippen molar-refractivity contribution in [3.63, 3.8) is 0 Å². The number of aliphatic hydroxyl groups excluding tert-OH is 1. The number of nitrogens with zero attached hydrogens (tertiary/aromatic N) is 2. The normalized spacial score (nSPS) is 10.6. The highest BCUT2D eigenvalue weighted by atomic mass is 16.6. The van der Waals surface area contributed by atoms with Crippen molar-refractivity contribution >= 4 is 5.69 Å². The molecule has 2 aromatic rings. The Morgan fingerprint density at radius 3 is 2.84 bits per heavy atom. The number of H-pyrrole nitrogens is 1. The van der Waals surface area contributed by atoms with Crippen LogP contribution in [0.25, 0.3) is 5.69 Å². The van der Waals surface area contributed by atoms with Gasteiger partial charge in [0.15, 0.2) is 0 Å². The molecule has 2 rings (SSSR count). The molecule has 1 aromatic heterocycles. The van der Waals surface area contributed by atoms with Crippen molar-refractivity contribution in [1.29, 1.82) is 0 Å². The van der Waals surface area contributed by atoms with Gasteiger partial charge in [0.05, 0.1) is 10.6 Å². The molecule has 7 nitrogen and oxygen atoms in total. The van der Waals surface area contributed by atoms with Crippen molar-refractivity contribution in [1.82, 2.24) is 9.78 Å². The Balaban J connectivity index is 2.53. The molecule has 0 saturated heterocycles. The standard InChI is InChI=1S/C12H13N3O4/c1-8-11(5-6-16)12(17)14(13-8)9-3-2-4-10(7-9)15(18)19/h2-4,7,13,16H,5-6H2,1H3. The van der Waals surface area contributed by atoms with E-state index < -0.39 is 4.92 Å². The molecule has 0 atom stereocenters. The zero-order chi connectivity index (χ0) is 14.0. The summed E-state index contributed by atoms with van der Waals surface area (Å²) in [5.74, 6) is 0. The lowest BCUT2D eigenvalue weighted by atomic mass is 10.2. The van der Waals surface area contributed by atoms with Crippen LogP contribution >= 0.6 is 0 Å². The maximum absolute atomic E-state index is 12.1. The highest BCUT2D eigenvalue weighted by Gasteiger charge is 2.13. The van der Waals surface area contributed by atoms with E-state index >= 15 is 0 Å². The lowest BCUT2D eigenvalue weighted by Crippen LogP contribution is -2.18. The maximum atomic E-state index is 12.1. The molecule has 0 aliphatic carbocycles. The van der Waals surface area contributed by atoms with Crippen molar-refractivity contribution in [2.75, 3.05) is 6.61 Å². The first kappa shape index (κ1) is 13.0. The van der Waals surface area contributed by atoms with Crippen LogP contribution < -0.4 is 5.56 Å². The summed E-state index contributed by atoms with van der Waals surface area (Å²) in [6.45, 7) is 1.60. The summed E-state index contributed by atoms with van der Waals surface area (Å²) in [4.78, 5) is 22.3. The van der Waals surface area contributed by atoms with Gasteiger partial charge in [-0.3, -0.25) is 20.0 Å². The SMILES string of the molecule is Cc1[nH]n(-c2cccc([N+](=O)[O-])c2)c(=O)c1CCO. The van der Waals surface area contributed by atoms with E-state index in [1.165, 1.54) is 22.9 Å². The summed E-state index contributed by atoms with van der Waals surface area (Å²) < 4.78 is 1.24. The van der Waals surface area contributed by atoms with Crippen LogP contribution in [0, 0.1) is 17.0 Å². The van der Waals surface area contributed by atoms with Crippen molar-refractivity contribution in [3.8, 4) is 5.69 Å². The number of nitro groups is 1. The summed E-state index contributed by atoms with van der Waals surface area (Å²) in [5.41, 5.74) is 1.14. The number of benzene rings is 1. The molecule has 100 valence electrons. The molecule has 0 aliphatic rings. The number of aromatic amines is 1. The fraction of sp³-hybridized carbons (Fsp3) is 0.250. The van der Waals surface area contributed by atoms with E-state index in [-0.39, 0.29) is 24.3 Å². The second kappa shape index (κ2) is 5.07. The van der Waals surface area contributed by atoms with Crippen molar-refractivity contribution in [2.45, 2.75) is 13.3 Å². The number of aryl methyl sites for hydroxylation is 1. The van der Waals surface area contributed by atoms with E-state index in [9.17, 15) is 14.9 Å². The number of nitro benzene ring substituents is 1. The largest absolute Gasteiger partial charge is 0.396 e. The number of rotatable bonds is 4. The van der Waals surface area contributed by atoms with Gasteiger partial charge >= 0.3 is 0 Å².